The molecule has 2 aromatic rings. The standard InChI is InChI=1S/C18H17FN2O2/c1-12-6-8-16(13(2)10-12)18(23)21-20-17(22)9-7-14-4-3-5-15(19)11-14/h3-11H,1-2H3,(H,20,22)(H,21,23)/b9-7+. The largest absolute Gasteiger partial charge is 0.269 e. The molecule has 0 heterocycles. The smallest absolute Gasteiger partial charge is 0.268 e. The van der Waals surface area contributed by atoms with Gasteiger partial charge in [0.25, 0.3) is 11.8 Å². The normalized spacial score (nSPS) is 10.6. The lowest BCUT2D eigenvalue weighted by atomic mass is 10.1. The predicted octanol–water partition coefficient (Wildman–Crippen LogP) is 2.92. The van der Waals surface area contributed by atoms with E-state index in [1.807, 2.05) is 26.0 Å². The first kappa shape index (κ1) is 16.4. The minimum atomic E-state index is -0.507. The van der Waals surface area contributed by atoms with Crippen LogP contribution in [0.1, 0.15) is 27.0 Å². The van der Waals surface area contributed by atoms with Gasteiger partial charge in [0.2, 0.25) is 0 Å². The third-order valence-electron chi connectivity index (χ3n) is 3.20. The van der Waals surface area contributed by atoms with Crippen LogP contribution in [-0.4, -0.2) is 11.8 Å². The van der Waals surface area contributed by atoms with Crippen LogP contribution in [0, 0.1) is 19.7 Å². The highest BCUT2D eigenvalue weighted by Crippen LogP contribution is 2.10. The van der Waals surface area contributed by atoms with Gasteiger partial charge >= 0.3 is 0 Å². The second-order valence-electron chi connectivity index (χ2n) is 5.15. The Morgan fingerprint density at radius 2 is 1.83 bits per heavy atom. The molecule has 4 nitrogen and oxygen atoms in total. The molecule has 2 N–H and O–H groups in total. The monoisotopic (exact) mass is 312 g/mol. The molecule has 0 unspecified atom stereocenters. The van der Waals surface area contributed by atoms with E-state index in [0.29, 0.717) is 11.1 Å². The first-order valence-electron chi connectivity index (χ1n) is 7.07. The summed E-state index contributed by atoms with van der Waals surface area (Å²) in [6, 6.07) is 11.3. The van der Waals surface area contributed by atoms with Gasteiger partial charge in [-0.2, -0.15) is 0 Å². The van der Waals surface area contributed by atoms with E-state index in [9.17, 15) is 14.0 Å². The molecule has 0 bridgehead atoms. The molecule has 118 valence electrons. The van der Waals surface area contributed by atoms with Crippen LogP contribution in [0.15, 0.2) is 48.5 Å². The summed E-state index contributed by atoms with van der Waals surface area (Å²) in [6.07, 6.45) is 2.68. The van der Waals surface area contributed by atoms with Crippen molar-refractivity contribution in [3.8, 4) is 0 Å². The van der Waals surface area contributed by atoms with Crippen LogP contribution in [0.5, 0.6) is 0 Å². The Labute approximate surface area is 134 Å². The van der Waals surface area contributed by atoms with Crippen molar-refractivity contribution in [1.82, 2.24) is 10.9 Å². The summed E-state index contributed by atoms with van der Waals surface area (Å²) in [5.41, 5.74) is 7.56. The molecule has 0 saturated heterocycles. The summed E-state index contributed by atoms with van der Waals surface area (Å²) < 4.78 is 13.0. The minimum Gasteiger partial charge on any atom is -0.268 e. The third-order valence-corrected chi connectivity index (χ3v) is 3.20. The first-order chi connectivity index (χ1) is 11.0. The molecule has 0 spiro atoms. The topological polar surface area (TPSA) is 58.2 Å². The second kappa shape index (κ2) is 7.35. The van der Waals surface area contributed by atoms with E-state index in [0.717, 1.165) is 11.1 Å². The molecular weight excluding hydrogens is 295 g/mol. The fraction of sp³-hybridized carbons (Fsp3) is 0.111. The van der Waals surface area contributed by atoms with E-state index in [4.69, 9.17) is 0 Å². The van der Waals surface area contributed by atoms with Crippen LogP contribution < -0.4 is 10.9 Å². The highest BCUT2D eigenvalue weighted by atomic mass is 19.1. The van der Waals surface area contributed by atoms with Crippen molar-refractivity contribution in [2.75, 3.05) is 0 Å². The zero-order valence-electron chi connectivity index (χ0n) is 12.9. The van der Waals surface area contributed by atoms with Crippen molar-refractivity contribution >= 4 is 17.9 Å². The average Bonchev–Trinajstić information content (AvgIpc) is 2.50. The Balaban J connectivity index is 1.92. The number of carbonyl (C=O) groups excluding carboxylic acids is 2. The Hall–Kier alpha value is -2.95. The molecule has 0 aromatic heterocycles. The highest BCUT2D eigenvalue weighted by molar-refractivity contribution is 5.98. The molecular formula is C18H17FN2O2. The van der Waals surface area contributed by atoms with E-state index >= 15 is 0 Å². The number of rotatable bonds is 3. The number of halogens is 1. The van der Waals surface area contributed by atoms with E-state index in [2.05, 4.69) is 10.9 Å². The van der Waals surface area contributed by atoms with Gasteiger partial charge in [0.05, 0.1) is 0 Å². The number of hydrogen-bond acceptors (Lipinski definition) is 2. The van der Waals surface area contributed by atoms with Crippen LogP contribution in [0.3, 0.4) is 0 Å². The summed E-state index contributed by atoms with van der Waals surface area (Å²) in [7, 11) is 0. The highest BCUT2D eigenvalue weighted by Gasteiger charge is 2.09. The Morgan fingerprint density at radius 1 is 1.04 bits per heavy atom. The number of carbonyl (C=O) groups is 2. The van der Waals surface area contributed by atoms with E-state index in [1.165, 1.54) is 24.3 Å². The fourth-order valence-corrected chi connectivity index (χ4v) is 2.08. The molecule has 2 aromatic carbocycles. The summed E-state index contributed by atoms with van der Waals surface area (Å²) in [5.74, 6) is -1.28. The van der Waals surface area contributed by atoms with Gasteiger partial charge in [-0.15, -0.1) is 0 Å². The van der Waals surface area contributed by atoms with E-state index < -0.39 is 11.8 Å². The lowest BCUT2D eigenvalue weighted by molar-refractivity contribution is -0.117. The van der Waals surface area contributed by atoms with Crippen molar-refractivity contribution in [2.45, 2.75) is 13.8 Å². The number of hydrazine groups is 1. The molecule has 0 atom stereocenters. The molecule has 2 amide bonds. The molecule has 23 heavy (non-hydrogen) atoms. The summed E-state index contributed by atoms with van der Waals surface area (Å²) in [5, 5.41) is 0. The average molecular weight is 312 g/mol. The lowest BCUT2D eigenvalue weighted by Gasteiger charge is -2.08. The molecule has 0 saturated carbocycles. The van der Waals surface area contributed by atoms with Crippen molar-refractivity contribution in [3.05, 3.63) is 76.6 Å². The zero-order valence-corrected chi connectivity index (χ0v) is 12.9. The van der Waals surface area contributed by atoms with Gasteiger partial charge in [0.15, 0.2) is 0 Å². The van der Waals surface area contributed by atoms with Crippen LogP contribution in [0.25, 0.3) is 6.08 Å². The quantitative estimate of drug-likeness (QED) is 0.676. The number of amides is 2. The van der Waals surface area contributed by atoms with Crippen molar-refractivity contribution in [1.29, 1.82) is 0 Å². The molecule has 2 rings (SSSR count). The Kier molecular flexibility index (Phi) is 5.25. The lowest BCUT2D eigenvalue weighted by Crippen LogP contribution is -2.41. The first-order valence-corrected chi connectivity index (χ1v) is 7.07. The van der Waals surface area contributed by atoms with Crippen LogP contribution in [0.2, 0.25) is 0 Å². The predicted molar refractivity (Wildman–Crippen MR) is 87.0 cm³/mol. The number of hydrogen-bond donors (Lipinski definition) is 2. The van der Waals surface area contributed by atoms with Gasteiger partial charge in [-0.05, 0) is 49.2 Å². The minimum absolute atomic E-state index is 0.379. The van der Waals surface area contributed by atoms with Gasteiger partial charge in [0, 0.05) is 11.6 Å². The van der Waals surface area contributed by atoms with E-state index in [-0.39, 0.29) is 5.82 Å². The summed E-state index contributed by atoms with van der Waals surface area (Å²) >= 11 is 0. The Morgan fingerprint density at radius 3 is 2.52 bits per heavy atom. The maximum atomic E-state index is 13.0. The second-order valence-corrected chi connectivity index (χ2v) is 5.15. The molecule has 0 radical (unpaired) electrons. The molecule has 5 heteroatoms. The van der Waals surface area contributed by atoms with Crippen molar-refractivity contribution in [3.63, 3.8) is 0 Å². The summed E-state index contributed by atoms with van der Waals surface area (Å²) in [6.45, 7) is 3.77. The van der Waals surface area contributed by atoms with Crippen LogP contribution in [0.4, 0.5) is 4.39 Å². The van der Waals surface area contributed by atoms with Gasteiger partial charge in [0.1, 0.15) is 5.82 Å². The van der Waals surface area contributed by atoms with Crippen molar-refractivity contribution < 1.29 is 14.0 Å². The van der Waals surface area contributed by atoms with Crippen molar-refractivity contribution in [2.24, 2.45) is 0 Å². The van der Waals surface area contributed by atoms with E-state index in [1.54, 1.807) is 18.2 Å². The number of aryl methyl sites for hydroxylation is 2. The third kappa shape index (κ3) is 4.78. The molecule has 0 aliphatic heterocycles. The SMILES string of the molecule is Cc1ccc(C(=O)NNC(=O)/C=C/c2cccc(F)c2)c(C)c1. The number of benzene rings is 2. The van der Waals surface area contributed by atoms with Crippen LogP contribution >= 0.6 is 0 Å². The van der Waals surface area contributed by atoms with Gasteiger partial charge in [-0.25, -0.2) is 4.39 Å². The summed E-state index contributed by atoms with van der Waals surface area (Å²) in [4.78, 5) is 23.7. The maximum Gasteiger partial charge on any atom is 0.269 e. The van der Waals surface area contributed by atoms with Gasteiger partial charge in [-0.3, -0.25) is 20.4 Å². The molecule has 0 aliphatic carbocycles. The fourth-order valence-electron chi connectivity index (χ4n) is 2.08. The number of nitrogens with one attached hydrogen (secondary N) is 2. The molecule has 0 aliphatic rings. The maximum absolute atomic E-state index is 13.0. The Bertz CT molecular complexity index is 769. The van der Waals surface area contributed by atoms with Crippen LogP contribution in [-0.2, 0) is 4.79 Å². The van der Waals surface area contributed by atoms with Gasteiger partial charge < -0.3 is 0 Å². The zero-order chi connectivity index (χ0) is 16.8. The van der Waals surface area contributed by atoms with Gasteiger partial charge in [-0.1, -0.05) is 29.8 Å². The molecule has 0 fully saturated rings.